The number of hydrogen-bond acceptors (Lipinski definition) is 2. The molecule has 1 heterocycles. The van der Waals surface area contributed by atoms with Crippen LogP contribution in [0.4, 0.5) is 14.5 Å². The highest BCUT2D eigenvalue weighted by Crippen LogP contribution is 2.32. The topological polar surface area (TPSA) is 15.3 Å². The van der Waals surface area contributed by atoms with Gasteiger partial charge < -0.3 is 10.2 Å². The lowest BCUT2D eigenvalue weighted by molar-refractivity contribution is 0.383. The van der Waals surface area contributed by atoms with Crippen LogP contribution in [0.15, 0.2) is 12.1 Å². The molecule has 0 aromatic heterocycles. The molecule has 2 unspecified atom stereocenters. The van der Waals surface area contributed by atoms with Crippen molar-refractivity contribution >= 4 is 17.3 Å². The van der Waals surface area contributed by atoms with Crippen molar-refractivity contribution in [1.29, 1.82) is 0 Å². The molecular weight excluding hydrogens is 270 g/mol. The third-order valence-corrected chi connectivity index (χ3v) is 3.85. The summed E-state index contributed by atoms with van der Waals surface area (Å²) in [5.41, 5.74) is 0.318. The first-order valence-electron chi connectivity index (χ1n) is 6.67. The maximum Gasteiger partial charge on any atom is 0.150 e. The predicted octanol–water partition coefficient (Wildman–Crippen LogP) is 3.59. The Morgan fingerprint density at radius 3 is 2.79 bits per heavy atom. The monoisotopic (exact) mass is 288 g/mol. The molecule has 2 atom stereocenters. The molecule has 19 heavy (non-hydrogen) atoms. The van der Waals surface area contributed by atoms with Crippen LogP contribution in [-0.2, 0) is 0 Å². The molecule has 2 nitrogen and oxygen atoms in total. The van der Waals surface area contributed by atoms with Gasteiger partial charge in [-0.1, -0.05) is 24.9 Å². The Hall–Kier alpha value is -0.870. The second-order valence-electron chi connectivity index (χ2n) is 5.11. The molecular formula is C14H19ClF2N2. The van der Waals surface area contributed by atoms with E-state index < -0.39 is 11.6 Å². The van der Waals surface area contributed by atoms with E-state index in [9.17, 15) is 8.78 Å². The lowest BCUT2D eigenvalue weighted by Crippen LogP contribution is -2.55. The Morgan fingerprint density at radius 2 is 2.16 bits per heavy atom. The van der Waals surface area contributed by atoms with Crippen molar-refractivity contribution in [2.24, 2.45) is 0 Å². The molecule has 0 radical (unpaired) electrons. The van der Waals surface area contributed by atoms with Gasteiger partial charge in [-0.3, -0.25) is 0 Å². The summed E-state index contributed by atoms with van der Waals surface area (Å²) in [6.45, 7) is 5.60. The van der Waals surface area contributed by atoms with Crippen molar-refractivity contribution in [3.8, 4) is 0 Å². The first-order chi connectivity index (χ1) is 9.02. The molecule has 0 aliphatic carbocycles. The van der Waals surface area contributed by atoms with Crippen LogP contribution in [0.3, 0.4) is 0 Å². The molecule has 0 bridgehead atoms. The number of benzene rings is 1. The maximum absolute atomic E-state index is 14.0. The highest BCUT2D eigenvalue weighted by atomic mass is 35.5. The van der Waals surface area contributed by atoms with Gasteiger partial charge >= 0.3 is 0 Å². The van der Waals surface area contributed by atoms with Crippen molar-refractivity contribution in [3.63, 3.8) is 0 Å². The largest absolute Gasteiger partial charge is 0.362 e. The van der Waals surface area contributed by atoms with Gasteiger partial charge in [0, 0.05) is 31.2 Å². The smallest absolute Gasteiger partial charge is 0.150 e. The number of rotatable bonds is 3. The third kappa shape index (κ3) is 3.18. The molecule has 0 spiro atoms. The Balaban J connectivity index is 2.28. The van der Waals surface area contributed by atoms with Crippen LogP contribution in [0.5, 0.6) is 0 Å². The van der Waals surface area contributed by atoms with Gasteiger partial charge in [0.05, 0.1) is 10.7 Å². The van der Waals surface area contributed by atoms with Crippen LogP contribution < -0.4 is 10.2 Å². The Kier molecular flexibility index (Phi) is 4.63. The fourth-order valence-corrected chi connectivity index (χ4v) is 2.89. The summed E-state index contributed by atoms with van der Waals surface area (Å²) in [6, 6.07) is 2.52. The maximum atomic E-state index is 14.0. The first kappa shape index (κ1) is 14.5. The van der Waals surface area contributed by atoms with Gasteiger partial charge in [0.2, 0.25) is 0 Å². The van der Waals surface area contributed by atoms with E-state index in [1.54, 1.807) is 0 Å². The molecule has 1 aromatic rings. The minimum Gasteiger partial charge on any atom is -0.362 e. The summed E-state index contributed by atoms with van der Waals surface area (Å²) in [5, 5.41) is 3.58. The number of halogens is 3. The van der Waals surface area contributed by atoms with Gasteiger partial charge in [-0.05, 0) is 19.4 Å². The predicted molar refractivity (Wildman–Crippen MR) is 74.9 cm³/mol. The molecule has 1 N–H and O–H groups in total. The summed E-state index contributed by atoms with van der Waals surface area (Å²) >= 11 is 6.02. The summed E-state index contributed by atoms with van der Waals surface area (Å²) in [5.74, 6) is -1.23. The van der Waals surface area contributed by atoms with Gasteiger partial charge in [-0.2, -0.15) is 0 Å². The Labute approximate surface area is 117 Å². The summed E-state index contributed by atoms with van der Waals surface area (Å²) in [6.07, 6.45) is 2.10. The van der Waals surface area contributed by atoms with Gasteiger partial charge in [0.25, 0.3) is 0 Å². The van der Waals surface area contributed by atoms with Crippen LogP contribution in [0, 0.1) is 11.6 Å². The van der Waals surface area contributed by atoms with Crippen molar-refractivity contribution in [2.75, 3.05) is 18.0 Å². The summed E-state index contributed by atoms with van der Waals surface area (Å²) in [7, 11) is 0. The van der Waals surface area contributed by atoms with Crippen molar-refractivity contribution in [2.45, 2.75) is 38.8 Å². The SMILES string of the molecule is CCCC1CN(c2c(F)cc(F)cc2Cl)C(C)CN1. The van der Waals surface area contributed by atoms with Crippen LogP contribution in [0.2, 0.25) is 5.02 Å². The second kappa shape index (κ2) is 6.06. The van der Waals surface area contributed by atoms with Gasteiger partial charge in [0.1, 0.15) is 5.82 Å². The molecule has 1 aliphatic rings. The summed E-state index contributed by atoms with van der Waals surface area (Å²) < 4.78 is 27.1. The minimum atomic E-state index is -0.640. The molecule has 1 aromatic carbocycles. The molecule has 1 saturated heterocycles. The summed E-state index contributed by atoms with van der Waals surface area (Å²) in [4.78, 5) is 1.94. The zero-order chi connectivity index (χ0) is 14.0. The molecule has 2 rings (SSSR count). The van der Waals surface area contributed by atoms with E-state index in [0.29, 0.717) is 18.3 Å². The minimum absolute atomic E-state index is 0.130. The van der Waals surface area contributed by atoms with E-state index in [4.69, 9.17) is 11.6 Å². The molecule has 1 aliphatic heterocycles. The molecule has 1 fully saturated rings. The number of hydrogen-bond donors (Lipinski definition) is 1. The molecule has 5 heteroatoms. The van der Waals surface area contributed by atoms with E-state index >= 15 is 0 Å². The fraction of sp³-hybridized carbons (Fsp3) is 0.571. The molecule has 106 valence electrons. The highest BCUT2D eigenvalue weighted by molar-refractivity contribution is 6.33. The highest BCUT2D eigenvalue weighted by Gasteiger charge is 2.28. The lowest BCUT2D eigenvalue weighted by Gasteiger charge is -2.41. The Morgan fingerprint density at radius 1 is 1.42 bits per heavy atom. The van der Waals surface area contributed by atoms with Crippen molar-refractivity contribution in [1.82, 2.24) is 5.32 Å². The van der Waals surface area contributed by atoms with E-state index in [-0.39, 0.29) is 11.1 Å². The van der Waals surface area contributed by atoms with Crippen LogP contribution >= 0.6 is 11.6 Å². The van der Waals surface area contributed by atoms with Gasteiger partial charge in [0.15, 0.2) is 5.82 Å². The third-order valence-electron chi connectivity index (χ3n) is 3.56. The first-order valence-corrected chi connectivity index (χ1v) is 7.05. The average molecular weight is 289 g/mol. The molecule has 0 saturated carbocycles. The number of nitrogens with one attached hydrogen (secondary N) is 1. The molecule has 0 amide bonds. The fourth-order valence-electron chi connectivity index (χ4n) is 2.59. The zero-order valence-corrected chi connectivity index (χ0v) is 12.0. The number of piperazine rings is 1. The van der Waals surface area contributed by atoms with Crippen LogP contribution in [-0.4, -0.2) is 25.2 Å². The van der Waals surface area contributed by atoms with Crippen molar-refractivity contribution < 1.29 is 8.78 Å². The van der Waals surface area contributed by atoms with E-state index in [1.807, 2.05) is 11.8 Å². The van der Waals surface area contributed by atoms with Crippen LogP contribution in [0.25, 0.3) is 0 Å². The van der Waals surface area contributed by atoms with Crippen molar-refractivity contribution in [3.05, 3.63) is 28.8 Å². The quantitative estimate of drug-likeness (QED) is 0.914. The van der Waals surface area contributed by atoms with Crippen LogP contribution in [0.1, 0.15) is 26.7 Å². The lowest BCUT2D eigenvalue weighted by atomic mass is 10.0. The second-order valence-corrected chi connectivity index (χ2v) is 5.52. The standard InChI is InChI=1S/C14H19ClF2N2/c1-3-4-11-8-19(9(2)7-18-11)14-12(15)5-10(16)6-13(14)17/h5-6,9,11,18H,3-4,7-8H2,1-2H3. The van der Waals surface area contributed by atoms with Gasteiger partial charge in [-0.25, -0.2) is 8.78 Å². The average Bonchev–Trinajstić information content (AvgIpc) is 2.32. The number of nitrogens with zero attached hydrogens (tertiary/aromatic N) is 1. The van der Waals surface area contributed by atoms with E-state index in [2.05, 4.69) is 12.2 Å². The zero-order valence-electron chi connectivity index (χ0n) is 11.2. The number of anilines is 1. The normalized spacial score (nSPS) is 23.7. The Bertz CT molecular complexity index is 430. The van der Waals surface area contributed by atoms with E-state index in [0.717, 1.165) is 25.5 Å². The van der Waals surface area contributed by atoms with Gasteiger partial charge in [-0.15, -0.1) is 0 Å². The van der Waals surface area contributed by atoms with E-state index in [1.165, 1.54) is 6.07 Å².